The van der Waals surface area contributed by atoms with E-state index in [1.807, 2.05) is 37.3 Å². The van der Waals surface area contributed by atoms with Gasteiger partial charge in [0.15, 0.2) is 5.78 Å². The molecule has 4 rings (SSSR count). The maximum atomic E-state index is 13.3. The van der Waals surface area contributed by atoms with Gasteiger partial charge in [-0.15, -0.1) is 0 Å². The Kier molecular flexibility index (Phi) is 4.98. The molecule has 1 aliphatic carbocycles. The number of esters is 1. The third kappa shape index (κ3) is 2.86. The number of carbonyl (C=O) groups excluding carboxylic acids is 2. The van der Waals surface area contributed by atoms with E-state index >= 15 is 0 Å². The number of phenolic OH excluding ortho intramolecular Hbond substituents is 1. The molecular formula is C21H15I2NO4. The zero-order chi connectivity index (χ0) is 20.2. The van der Waals surface area contributed by atoms with E-state index in [0.717, 1.165) is 16.8 Å². The van der Waals surface area contributed by atoms with Crippen LogP contribution in [0.25, 0.3) is 5.70 Å². The van der Waals surface area contributed by atoms with Crippen LogP contribution < -0.4 is 5.32 Å². The molecule has 2 N–H and O–H groups in total. The van der Waals surface area contributed by atoms with E-state index in [2.05, 4.69) is 50.5 Å². The lowest BCUT2D eigenvalue weighted by Crippen LogP contribution is -2.29. The maximum Gasteiger partial charge on any atom is 0.336 e. The highest BCUT2D eigenvalue weighted by Gasteiger charge is 2.43. The molecule has 142 valence electrons. The number of carbonyl (C=O) groups is 2. The Labute approximate surface area is 189 Å². The van der Waals surface area contributed by atoms with Gasteiger partial charge in [-0.25, -0.2) is 4.79 Å². The number of Topliss-reactive ketones (excluding diaryl/α,β-unsaturated/α-hetero) is 1. The minimum absolute atomic E-state index is 0.102. The van der Waals surface area contributed by atoms with Crippen LogP contribution in [0, 0.1) is 7.14 Å². The fourth-order valence-electron chi connectivity index (χ4n) is 3.79. The molecule has 0 bridgehead atoms. The summed E-state index contributed by atoms with van der Waals surface area (Å²) < 4.78 is 6.35. The van der Waals surface area contributed by atoms with Crippen molar-refractivity contribution in [3.8, 4) is 5.75 Å². The van der Waals surface area contributed by atoms with Crippen molar-refractivity contribution >= 4 is 62.6 Å². The third-order valence-electron chi connectivity index (χ3n) is 5.03. The van der Waals surface area contributed by atoms with E-state index < -0.39 is 11.9 Å². The number of aromatic hydroxyl groups is 1. The number of methoxy groups -OCH3 is 1. The molecule has 1 heterocycles. The number of nitrogens with one attached hydrogen (secondary N) is 1. The molecule has 28 heavy (non-hydrogen) atoms. The van der Waals surface area contributed by atoms with Crippen molar-refractivity contribution in [2.75, 3.05) is 7.11 Å². The first-order chi connectivity index (χ1) is 13.3. The molecule has 0 saturated carbocycles. The van der Waals surface area contributed by atoms with Crippen molar-refractivity contribution in [3.63, 3.8) is 0 Å². The summed E-state index contributed by atoms with van der Waals surface area (Å²) in [5.41, 5.74) is 4.53. The van der Waals surface area contributed by atoms with Crippen molar-refractivity contribution in [1.82, 2.24) is 5.32 Å². The van der Waals surface area contributed by atoms with Gasteiger partial charge < -0.3 is 15.2 Å². The van der Waals surface area contributed by atoms with E-state index in [-0.39, 0.29) is 11.5 Å². The van der Waals surface area contributed by atoms with Crippen LogP contribution in [0.3, 0.4) is 0 Å². The van der Waals surface area contributed by atoms with Gasteiger partial charge >= 0.3 is 5.97 Å². The van der Waals surface area contributed by atoms with Crippen LogP contribution in [0.2, 0.25) is 0 Å². The second-order valence-electron chi connectivity index (χ2n) is 6.58. The van der Waals surface area contributed by atoms with Crippen molar-refractivity contribution < 1.29 is 19.4 Å². The van der Waals surface area contributed by atoms with Crippen LogP contribution in [0.4, 0.5) is 0 Å². The quantitative estimate of drug-likeness (QED) is 0.397. The molecule has 1 aliphatic heterocycles. The largest absolute Gasteiger partial charge is 0.506 e. The van der Waals surface area contributed by atoms with E-state index in [4.69, 9.17) is 4.74 Å². The van der Waals surface area contributed by atoms with E-state index in [1.54, 1.807) is 6.07 Å². The maximum absolute atomic E-state index is 13.3. The van der Waals surface area contributed by atoms with Crippen molar-refractivity contribution in [1.29, 1.82) is 0 Å². The number of benzene rings is 2. The average molecular weight is 599 g/mol. The number of allylic oxidation sites excluding steroid dienone is 2. The first kappa shape index (κ1) is 19.4. The van der Waals surface area contributed by atoms with E-state index in [1.165, 1.54) is 7.11 Å². The predicted octanol–water partition coefficient (Wildman–Crippen LogP) is 4.34. The fraction of sp³-hybridized carbons (Fsp3) is 0.143. The van der Waals surface area contributed by atoms with Crippen molar-refractivity contribution in [3.05, 3.63) is 77.1 Å². The van der Waals surface area contributed by atoms with Crippen molar-refractivity contribution in [2.45, 2.75) is 12.8 Å². The van der Waals surface area contributed by atoms with Crippen LogP contribution in [-0.4, -0.2) is 24.0 Å². The summed E-state index contributed by atoms with van der Waals surface area (Å²) >= 11 is 4.11. The molecule has 0 fully saturated rings. The lowest BCUT2D eigenvalue weighted by atomic mass is 9.80. The summed E-state index contributed by atoms with van der Waals surface area (Å²) in [4.78, 5) is 25.9. The topological polar surface area (TPSA) is 75.6 Å². The van der Waals surface area contributed by atoms with Gasteiger partial charge in [-0.2, -0.15) is 0 Å². The van der Waals surface area contributed by atoms with Crippen LogP contribution in [0.5, 0.6) is 5.75 Å². The normalized spacial score (nSPS) is 18.0. The second kappa shape index (κ2) is 7.18. The molecule has 0 amide bonds. The average Bonchev–Trinajstić information content (AvgIpc) is 2.96. The van der Waals surface area contributed by atoms with Gasteiger partial charge in [0.1, 0.15) is 5.75 Å². The van der Waals surface area contributed by atoms with Crippen LogP contribution in [-0.2, 0) is 9.53 Å². The SMILES string of the molecule is COC(=O)C1=C(C)NC2=C(C(=O)c3ccccc32)[C@@H]1c1cc(I)c(O)c(I)c1. The molecule has 1 atom stereocenters. The highest BCUT2D eigenvalue weighted by molar-refractivity contribution is 14.1. The summed E-state index contributed by atoms with van der Waals surface area (Å²) in [5.74, 6) is -0.973. The van der Waals surface area contributed by atoms with Crippen molar-refractivity contribution in [2.24, 2.45) is 0 Å². The summed E-state index contributed by atoms with van der Waals surface area (Å²) in [6.45, 7) is 1.81. The van der Waals surface area contributed by atoms with Gasteiger partial charge in [-0.05, 0) is 69.8 Å². The summed E-state index contributed by atoms with van der Waals surface area (Å²) in [5, 5.41) is 13.4. The lowest BCUT2D eigenvalue weighted by molar-refractivity contribution is -0.136. The highest BCUT2D eigenvalue weighted by atomic mass is 127. The predicted molar refractivity (Wildman–Crippen MR) is 122 cm³/mol. The number of hydrogen-bond acceptors (Lipinski definition) is 5. The summed E-state index contributed by atoms with van der Waals surface area (Å²) in [6.07, 6.45) is 0. The van der Waals surface area contributed by atoms with Gasteiger partial charge in [0.25, 0.3) is 0 Å². The van der Waals surface area contributed by atoms with Crippen LogP contribution in [0.1, 0.15) is 34.3 Å². The van der Waals surface area contributed by atoms with E-state index in [9.17, 15) is 14.7 Å². The van der Waals surface area contributed by atoms with Gasteiger partial charge in [-0.1, -0.05) is 24.3 Å². The Bertz CT molecular complexity index is 1090. The van der Waals surface area contributed by atoms with Crippen LogP contribution in [0.15, 0.2) is 53.2 Å². The number of rotatable bonds is 2. The molecule has 0 saturated heterocycles. The number of dihydropyridines is 1. The standard InChI is InChI=1S/C21H15I2NO4/c1-9-15(21(27)28-2)16(10-7-13(22)20(26)14(23)8-10)17-18(24-9)11-5-3-4-6-12(11)19(17)25/h3-8,16,24,26H,1-2H3/t16-/m1/s1. The van der Waals surface area contributed by atoms with Crippen LogP contribution >= 0.6 is 45.2 Å². The summed E-state index contributed by atoms with van der Waals surface area (Å²) in [7, 11) is 1.33. The molecule has 5 nitrogen and oxygen atoms in total. The number of phenols is 1. The third-order valence-corrected chi connectivity index (χ3v) is 6.67. The van der Waals surface area contributed by atoms with Gasteiger partial charge in [0, 0.05) is 28.3 Å². The number of fused-ring (bicyclic) bond motifs is 2. The highest BCUT2D eigenvalue weighted by Crippen LogP contribution is 2.47. The zero-order valence-electron chi connectivity index (χ0n) is 15.0. The number of ether oxygens (including phenoxy) is 1. The Hall–Kier alpha value is -1.88. The number of halogens is 2. The van der Waals surface area contributed by atoms with Gasteiger partial charge in [0.2, 0.25) is 0 Å². The molecule has 2 aromatic carbocycles. The fourth-order valence-corrected chi connectivity index (χ4v) is 5.61. The second-order valence-corrected chi connectivity index (χ2v) is 8.91. The molecule has 7 heteroatoms. The molecule has 2 aliphatic rings. The minimum Gasteiger partial charge on any atom is -0.506 e. The molecule has 0 radical (unpaired) electrons. The smallest absolute Gasteiger partial charge is 0.336 e. The Balaban J connectivity index is 1.99. The molecule has 0 spiro atoms. The van der Waals surface area contributed by atoms with Gasteiger partial charge in [-0.3, -0.25) is 4.79 Å². The molecule has 2 aromatic rings. The molecule has 0 aromatic heterocycles. The summed E-state index contributed by atoms with van der Waals surface area (Å²) in [6, 6.07) is 11.0. The van der Waals surface area contributed by atoms with Gasteiger partial charge in [0.05, 0.1) is 25.5 Å². The molecular weight excluding hydrogens is 584 g/mol. The number of ketones is 1. The monoisotopic (exact) mass is 599 g/mol. The zero-order valence-corrected chi connectivity index (χ0v) is 19.3. The Morgan fingerprint density at radius 1 is 1.14 bits per heavy atom. The first-order valence-electron chi connectivity index (χ1n) is 8.47. The first-order valence-corrected chi connectivity index (χ1v) is 10.6. The Morgan fingerprint density at radius 2 is 1.75 bits per heavy atom. The molecule has 0 unspecified atom stereocenters. The minimum atomic E-state index is -0.578. The lowest BCUT2D eigenvalue weighted by Gasteiger charge is -2.29. The Morgan fingerprint density at radius 3 is 2.36 bits per heavy atom. The number of hydrogen-bond donors (Lipinski definition) is 2. The van der Waals surface area contributed by atoms with E-state index in [0.29, 0.717) is 29.5 Å².